The fourth-order valence-electron chi connectivity index (χ4n) is 3.83. The first-order valence-electron chi connectivity index (χ1n) is 12.4. The van der Waals surface area contributed by atoms with Crippen molar-refractivity contribution in [3.8, 4) is 0 Å². The zero-order chi connectivity index (χ0) is 28.6. The maximum atomic E-state index is 13.9. The van der Waals surface area contributed by atoms with Crippen LogP contribution in [0.15, 0.2) is 77.7 Å². The molecule has 0 aliphatic carbocycles. The minimum atomic E-state index is -4.12. The molecule has 11 heteroatoms. The van der Waals surface area contributed by atoms with Crippen LogP contribution in [0.1, 0.15) is 32.3 Å². The van der Waals surface area contributed by atoms with Crippen molar-refractivity contribution in [1.29, 1.82) is 0 Å². The number of sulfonamides is 1. The van der Waals surface area contributed by atoms with Gasteiger partial charge in [0.05, 0.1) is 10.6 Å². The molecule has 0 aromatic heterocycles. The molecule has 0 unspecified atom stereocenters. The molecule has 39 heavy (non-hydrogen) atoms. The molecule has 3 rings (SSSR count). The second kappa shape index (κ2) is 14.3. The van der Waals surface area contributed by atoms with Gasteiger partial charge in [-0.25, -0.2) is 8.42 Å². The van der Waals surface area contributed by atoms with E-state index in [4.69, 9.17) is 23.2 Å². The normalized spacial score (nSPS) is 12.0. The monoisotopic (exact) mass is 701 g/mol. The summed E-state index contributed by atoms with van der Waals surface area (Å²) in [6.45, 7) is 3.46. The van der Waals surface area contributed by atoms with Gasteiger partial charge in [0, 0.05) is 32.3 Å². The van der Waals surface area contributed by atoms with Gasteiger partial charge in [0.1, 0.15) is 12.6 Å². The van der Waals surface area contributed by atoms with Crippen LogP contribution in [0.2, 0.25) is 10.0 Å². The first kappa shape index (κ1) is 31.2. The zero-order valence-corrected chi connectivity index (χ0v) is 26.1. The molecule has 3 aromatic rings. The van der Waals surface area contributed by atoms with E-state index in [1.165, 1.54) is 17.0 Å². The number of hydrogen-bond acceptors (Lipinski definition) is 4. The molecular formula is C28H30Cl2IN3O4S. The van der Waals surface area contributed by atoms with Gasteiger partial charge in [0.15, 0.2) is 0 Å². The molecule has 1 N–H and O–H groups in total. The summed E-state index contributed by atoms with van der Waals surface area (Å²) >= 11 is 14.9. The van der Waals surface area contributed by atoms with Crippen molar-refractivity contribution in [2.75, 3.05) is 17.4 Å². The van der Waals surface area contributed by atoms with Gasteiger partial charge in [0.2, 0.25) is 11.8 Å². The molecule has 3 aromatic carbocycles. The average molecular weight is 702 g/mol. The van der Waals surface area contributed by atoms with Crippen molar-refractivity contribution in [3.63, 3.8) is 0 Å². The predicted octanol–water partition coefficient (Wildman–Crippen LogP) is 6.13. The molecule has 1 atom stereocenters. The van der Waals surface area contributed by atoms with Gasteiger partial charge in [-0.3, -0.25) is 13.9 Å². The maximum absolute atomic E-state index is 13.9. The summed E-state index contributed by atoms with van der Waals surface area (Å²) in [5.74, 6) is -0.936. The highest BCUT2D eigenvalue weighted by Crippen LogP contribution is 2.28. The van der Waals surface area contributed by atoms with E-state index in [1.54, 1.807) is 67.6 Å². The zero-order valence-electron chi connectivity index (χ0n) is 21.6. The molecule has 0 fully saturated rings. The molecule has 0 saturated heterocycles. The third kappa shape index (κ3) is 8.09. The summed E-state index contributed by atoms with van der Waals surface area (Å²) in [7, 11) is -4.12. The van der Waals surface area contributed by atoms with Crippen molar-refractivity contribution in [2.24, 2.45) is 0 Å². The van der Waals surface area contributed by atoms with E-state index in [1.807, 2.05) is 6.92 Å². The van der Waals surface area contributed by atoms with Gasteiger partial charge >= 0.3 is 0 Å². The third-order valence-corrected chi connectivity index (χ3v) is 9.33. The predicted molar refractivity (Wildman–Crippen MR) is 165 cm³/mol. The molecule has 0 aliphatic rings. The van der Waals surface area contributed by atoms with Gasteiger partial charge < -0.3 is 10.2 Å². The van der Waals surface area contributed by atoms with Crippen LogP contribution < -0.4 is 9.62 Å². The Kier molecular flexibility index (Phi) is 11.5. The quantitative estimate of drug-likeness (QED) is 0.182. The number of nitrogens with zero attached hydrogens (tertiary/aromatic N) is 2. The van der Waals surface area contributed by atoms with Crippen molar-refractivity contribution in [1.82, 2.24) is 10.2 Å². The van der Waals surface area contributed by atoms with Crippen LogP contribution in [0.5, 0.6) is 0 Å². The Morgan fingerprint density at radius 1 is 0.949 bits per heavy atom. The number of carbonyl (C=O) groups is 2. The molecular weight excluding hydrogens is 672 g/mol. The number of benzene rings is 3. The largest absolute Gasteiger partial charge is 0.354 e. The number of nitrogens with one attached hydrogen (secondary N) is 1. The Hall–Kier alpha value is -2.34. The number of amides is 2. The topological polar surface area (TPSA) is 86.8 Å². The Bertz CT molecular complexity index is 1370. The number of anilines is 1. The third-order valence-electron chi connectivity index (χ3n) is 6.11. The van der Waals surface area contributed by atoms with Crippen LogP contribution in [0.4, 0.5) is 5.69 Å². The molecule has 0 radical (unpaired) electrons. The Labute approximate surface area is 253 Å². The van der Waals surface area contributed by atoms with Crippen LogP contribution in [0, 0.1) is 3.57 Å². The summed E-state index contributed by atoms with van der Waals surface area (Å²) < 4.78 is 29.5. The highest BCUT2D eigenvalue weighted by molar-refractivity contribution is 14.1. The van der Waals surface area contributed by atoms with E-state index in [2.05, 4.69) is 27.9 Å². The van der Waals surface area contributed by atoms with Crippen LogP contribution in [-0.2, 0) is 26.2 Å². The Morgan fingerprint density at radius 2 is 1.56 bits per heavy atom. The van der Waals surface area contributed by atoms with Gasteiger partial charge in [0.25, 0.3) is 10.0 Å². The van der Waals surface area contributed by atoms with Gasteiger partial charge in [-0.05, 0) is 84.5 Å². The van der Waals surface area contributed by atoms with E-state index >= 15 is 0 Å². The lowest BCUT2D eigenvalue weighted by Gasteiger charge is -2.32. The molecule has 7 nitrogen and oxygen atoms in total. The van der Waals surface area contributed by atoms with Crippen LogP contribution >= 0.6 is 45.8 Å². The van der Waals surface area contributed by atoms with Crippen LogP contribution in [0.25, 0.3) is 0 Å². The lowest BCUT2D eigenvalue weighted by atomic mass is 10.1. The van der Waals surface area contributed by atoms with E-state index in [0.717, 1.165) is 20.7 Å². The summed E-state index contributed by atoms with van der Waals surface area (Å²) in [4.78, 5) is 28.3. The smallest absolute Gasteiger partial charge is 0.264 e. The van der Waals surface area contributed by atoms with Gasteiger partial charge in [-0.15, -0.1) is 0 Å². The summed E-state index contributed by atoms with van der Waals surface area (Å²) in [6, 6.07) is 18.8. The van der Waals surface area contributed by atoms with E-state index < -0.39 is 28.5 Å². The fourth-order valence-corrected chi connectivity index (χ4v) is 6.14. The van der Waals surface area contributed by atoms with Crippen molar-refractivity contribution >= 4 is 73.3 Å². The average Bonchev–Trinajstić information content (AvgIpc) is 2.92. The highest BCUT2D eigenvalue weighted by atomic mass is 127. The SMILES string of the molecule is CCCCNC(=O)[C@@H](C)N(Cc1c(Cl)cccc1Cl)C(=O)CN(c1ccc(I)cc1)S(=O)(=O)c1ccccc1. The van der Waals surface area contributed by atoms with E-state index in [0.29, 0.717) is 27.8 Å². The molecule has 0 spiro atoms. The minimum absolute atomic E-state index is 0.0439. The second-order valence-electron chi connectivity index (χ2n) is 8.84. The fraction of sp³-hybridized carbons (Fsp3) is 0.286. The summed E-state index contributed by atoms with van der Waals surface area (Å²) in [5.41, 5.74) is 0.789. The Morgan fingerprint density at radius 3 is 2.15 bits per heavy atom. The van der Waals surface area contributed by atoms with Crippen molar-refractivity contribution in [3.05, 3.63) is 92.0 Å². The second-order valence-corrected chi connectivity index (χ2v) is 12.8. The first-order chi connectivity index (χ1) is 18.6. The number of halogens is 3. The van der Waals surface area contributed by atoms with E-state index in [9.17, 15) is 18.0 Å². The van der Waals surface area contributed by atoms with Crippen LogP contribution in [-0.4, -0.2) is 44.3 Å². The number of hydrogen-bond donors (Lipinski definition) is 1. The maximum Gasteiger partial charge on any atom is 0.264 e. The molecule has 0 saturated carbocycles. The summed E-state index contributed by atoms with van der Waals surface area (Å²) in [6.07, 6.45) is 1.69. The standard InChI is InChI=1S/C28H30Cl2IN3O4S/c1-3-4-17-32-28(36)20(2)33(18-24-25(29)11-8-12-26(24)30)27(35)19-34(22-15-13-21(31)14-16-22)39(37,38)23-9-6-5-7-10-23/h5-16,20H,3-4,17-19H2,1-2H3,(H,32,36)/t20-/m1/s1. The molecule has 2 amide bonds. The minimum Gasteiger partial charge on any atom is -0.354 e. The summed E-state index contributed by atoms with van der Waals surface area (Å²) in [5, 5.41) is 3.53. The Balaban J connectivity index is 2.02. The van der Waals surface area contributed by atoms with Crippen molar-refractivity contribution in [2.45, 2.75) is 44.2 Å². The molecule has 0 heterocycles. The van der Waals surface area contributed by atoms with Gasteiger partial charge in [-0.2, -0.15) is 0 Å². The van der Waals surface area contributed by atoms with Crippen LogP contribution in [0.3, 0.4) is 0 Å². The highest BCUT2D eigenvalue weighted by Gasteiger charge is 2.33. The molecule has 208 valence electrons. The molecule has 0 bridgehead atoms. The van der Waals surface area contributed by atoms with Gasteiger partial charge in [-0.1, -0.05) is 60.8 Å². The lowest BCUT2D eigenvalue weighted by Crippen LogP contribution is -2.51. The molecule has 0 aliphatic heterocycles. The van der Waals surface area contributed by atoms with E-state index in [-0.39, 0.29) is 17.3 Å². The first-order valence-corrected chi connectivity index (χ1v) is 15.7. The van der Waals surface area contributed by atoms with Crippen molar-refractivity contribution < 1.29 is 18.0 Å². The number of unbranched alkanes of at least 4 members (excludes halogenated alkanes) is 1. The lowest BCUT2D eigenvalue weighted by molar-refractivity contribution is -0.139. The number of rotatable bonds is 12. The number of carbonyl (C=O) groups excluding carboxylic acids is 2.